The minimum atomic E-state index is -1.57. The lowest BCUT2D eigenvalue weighted by molar-refractivity contribution is -0.253. The van der Waals surface area contributed by atoms with Crippen LogP contribution in [0, 0.1) is 0 Å². The molecular weight excluding hydrogens is 361 g/mol. The van der Waals surface area contributed by atoms with Crippen LogP contribution in [0.5, 0.6) is 0 Å². The summed E-state index contributed by atoms with van der Waals surface area (Å²) in [4.78, 5) is 11.9. The first kappa shape index (κ1) is 19.1. The summed E-state index contributed by atoms with van der Waals surface area (Å²) < 4.78 is 4.95. The van der Waals surface area contributed by atoms with Crippen molar-refractivity contribution in [3.8, 4) is 0 Å². The van der Waals surface area contributed by atoms with E-state index in [0.717, 1.165) is 0 Å². The fraction of sp³-hybridized carbons (Fsp3) is 0.400. The van der Waals surface area contributed by atoms with Gasteiger partial charge in [-0.05, 0) is 23.8 Å². The number of halogens is 2. The number of aliphatic hydroxyl groups excluding tert-OH is 4. The van der Waals surface area contributed by atoms with E-state index in [-0.39, 0.29) is 0 Å². The van der Waals surface area contributed by atoms with Crippen LogP contribution in [0.1, 0.15) is 5.56 Å². The van der Waals surface area contributed by atoms with Gasteiger partial charge in [0, 0.05) is 6.08 Å². The van der Waals surface area contributed by atoms with Gasteiger partial charge in [-0.25, -0.2) is 0 Å². The molecule has 1 aliphatic heterocycles. The van der Waals surface area contributed by atoms with Crippen LogP contribution in [0.2, 0.25) is 10.0 Å². The molecule has 5 atom stereocenters. The highest BCUT2D eigenvalue weighted by molar-refractivity contribution is 6.42. The molecule has 1 unspecified atom stereocenters. The molecule has 0 bridgehead atoms. The van der Waals surface area contributed by atoms with Crippen LogP contribution in [0.25, 0.3) is 6.08 Å². The third kappa shape index (κ3) is 4.46. The maximum absolute atomic E-state index is 11.9. The summed E-state index contributed by atoms with van der Waals surface area (Å²) in [6.45, 7) is -0.576. The number of aliphatic hydroxyl groups is 4. The topological polar surface area (TPSA) is 119 Å². The van der Waals surface area contributed by atoms with Crippen molar-refractivity contribution >= 4 is 35.2 Å². The number of carbonyl (C=O) groups is 1. The molecule has 7 nitrogen and oxygen atoms in total. The number of amides is 1. The molecule has 0 radical (unpaired) electrons. The highest BCUT2D eigenvalue weighted by atomic mass is 35.5. The Kier molecular flexibility index (Phi) is 6.59. The molecular formula is C15H17Cl2NO6. The summed E-state index contributed by atoms with van der Waals surface area (Å²) in [6, 6.07) is 3.56. The van der Waals surface area contributed by atoms with Gasteiger partial charge in [0.25, 0.3) is 0 Å². The summed E-state index contributed by atoms with van der Waals surface area (Å²) >= 11 is 11.7. The number of nitrogens with one attached hydrogen (secondary N) is 1. The standard InChI is InChI=1S/C15H17Cl2NO6/c16-8-3-1-7(5-9(8)17)2-4-11(20)18-12-14(22)13(21)10(6-19)24-15(12)23/h1-5,10,12-15,19,21-23H,6H2,(H,18,20)/t10-,12-,13-,14-,15?/m1/s1. The van der Waals surface area contributed by atoms with Gasteiger partial charge < -0.3 is 30.5 Å². The maximum atomic E-state index is 11.9. The first-order valence-electron chi connectivity index (χ1n) is 7.07. The zero-order valence-electron chi connectivity index (χ0n) is 12.3. The minimum Gasteiger partial charge on any atom is -0.394 e. The zero-order valence-corrected chi connectivity index (χ0v) is 13.9. The Labute approximate surface area is 148 Å². The Morgan fingerprint density at radius 3 is 2.54 bits per heavy atom. The molecule has 5 N–H and O–H groups in total. The number of ether oxygens (including phenoxy) is 1. The molecule has 2 rings (SSSR count). The molecule has 1 amide bonds. The molecule has 24 heavy (non-hydrogen) atoms. The molecule has 9 heteroatoms. The quantitative estimate of drug-likeness (QED) is 0.468. The van der Waals surface area contributed by atoms with E-state index in [9.17, 15) is 20.1 Å². The van der Waals surface area contributed by atoms with Crippen molar-refractivity contribution in [3.63, 3.8) is 0 Å². The van der Waals surface area contributed by atoms with Gasteiger partial charge in [-0.2, -0.15) is 0 Å². The van der Waals surface area contributed by atoms with E-state index < -0.39 is 43.2 Å². The van der Waals surface area contributed by atoms with Gasteiger partial charge in [-0.15, -0.1) is 0 Å². The van der Waals surface area contributed by atoms with Crippen LogP contribution in [-0.2, 0) is 9.53 Å². The van der Waals surface area contributed by atoms with Crippen molar-refractivity contribution in [3.05, 3.63) is 39.9 Å². The van der Waals surface area contributed by atoms with E-state index in [4.69, 9.17) is 33.0 Å². The average molecular weight is 378 g/mol. The van der Waals surface area contributed by atoms with E-state index in [2.05, 4.69) is 5.32 Å². The van der Waals surface area contributed by atoms with Crippen LogP contribution < -0.4 is 5.32 Å². The monoisotopic (exact) mass is 377 g/mol. The highest BCUT2D eigenvalue weighted by Crippen LogP contribution is 2.23. The van der Waals surface area contributed by atoms with Crippen LogP contribution in [0.3, 0.4) is 0 Å². The molecule has 0 aromatic heterocycles. The Morgan fingerprint density at radius 2 is 1.92 bits per heavy atom. The summed E-state index contributed by atoms with van der Waals surface area (Å²) in [5.41, 5.74) is 0.626. The minimum absolute atomic E-state index is 0.337. The van der Waals surface area contributed by atoms with Crippen LogP contribution in [-0.4, -0.2) is 63.6 Å². The number of hydrogen-bond donors (Lipinski definition) is 5. The second kappa shape index (κ2) is 8.26. The lowest BCUT2D eigenvalue weighted by Crippen LogP contribution is -2.64. The van der Waals surface area contributed by atoms with Gasteiger partial charge in [0.2, 0.25) is 5.91 Å². The summed E-state index contributed by atoms with van der Waals surface area (Å²) in [6.07, 6.45) is -3.00. The number of rotatable bonds is 4. The maximum Gasteiger partial charge on any atom is 0.244 e. The molecule has 132 valence electrons. The van der Waals surface area contributed by atoms with Crippen molar-refractivity contribution < 1.29 is 30.0 Å². The molecule has 0 saturated carbocycles. The molecule has 0 aliphatic carbocycles. The van der Waals surface area contributed by atoms with E-state index in [1.54, 1.807) is 18.2 Å². The second-order valence-electron chi connectivity index (χ2n) is 5.27. The van der Waals surface area contributed by atoms with Gasteiger partial charge in [0.05, 0.1) is 16.7 Å². The van der Waals surface area contributed by atoms with Crippen LogP contribution in [0.4, 0.5) is 0 Å². The molecule has 1 fully saturated rings. The molecule has 1 saturated heterocycles. The smallest absolute Gasteiger partial charge is 0.244 e. The Hall–Kier alpha value is -1.19. The first-order chi connectivity index (χ1) is 11.3. The first-order valence-corrected chi connectivity index (χ1v) is 7.83. The van der Waals surface area contributed by atoms with Crippen molar-refractivity contribution in [1.82, 2.24) is 5.32 Å². The predicted molar refractivity (Wildman–Crippen MR) is 87.4 cm³/mol. The third-order valence-corrected chi connectivity index (χ3v) is 4.32. The van der Waals surface area contributed by atoms with E-state index in [1.165, 1.54) is 12.2 Å². The lowest BCUT2D eigenvalue weighted by Gasteiger charge is -2.40. The molecule has 1 aliphatic rings. The normalized spacial score (nSPS) is 30.5. The van der Waals surface area contributed by atoms with E-state index >= 15 is 0 Å². The number of benzene rings is 1. The Balaban J connectivity index is 2.00. The van der Waals surface area contributed by atoms with Gasteiger partial charge in [-0.3, -0.25) is 4.79 Å². The second-order valence-corrected chi connectivity index (χ2v) is 6.08. The Bertz CT molecular complexity index is 626. The summed E-state index contributed by atoms with van der Waals surface area (Å²) in [5, 5.41) is 41.5. The fourth-order valence-corrected chi connectivity index (χ4v) is 2.56. The van der Waals surface area contributed by atoms with Gasteiger partial charge in [0.15, 0.2) is 6.29 Å². The predicted octanol–water partition coefficient (Wildman–Crippen LogP) is -0.0773. The van der Waals surface area contributed by atoms with Crippen molar-refractivity contribution in [2.75, 3.05) is 6.61 Å². The molecule has 1 aromatic rings. The van der Waals surface area contributed by atoms with Gasteiger partial charge in [-0.1, -0.05) is 29.3 Å². The zero-order chi connectivity index (χ0) is 17.9. The van der Waals surface area contributed by atoms with Crippen molar-refractivity contribution in [1.29, 1.82) is 0 Å². The fourth-order valence-electron chi connectivity index (χ4n) is 2.25. The summed E-state index contributed by atoms with van der Waals surface area (Å²) in [5.74, 6) is -0.623. The molecule has 0 spiro atoms. The van der Waals surface area contributed by atoms with Crippen LogP contribution in [0.15, 0.2) is 24.3 Å². The van der Waals surface area contributed by atoms with Crippen molar-refractivity contribution in [2.45, 2.75) is 30.6 Å². The highest BCUT2D eigenvalue weighted by Gasteiger charge is 2.44. The van der Waals surface area contributed by atoms with Gasteiger partial charge in [0.1, 0.15) is 24.4 Å². The van der Waals surface area contributed by atoms with E-state index in [1.807, 2.05) is 0 Å². The summed E-state index contributed by atoms with van der Waals surface area (Å²) in [7, 11) is 0. The number of hydrogen-bond acceptors (Lipinski definition) is 6. The molecule has 1 aromatic carbocycles. The lowest BCUT2D eigenvalue weighted by atomic mass is 9.97. The molecule has 1 heterocycles. The number of carbonyl (C=O) groups excluding carboxylic acids is 1. The van der Waals surface area contributed by atoms with Crippen molar-refractivity contribution in [2.24, 2.45) is 0 Å². The van der Waals surface area contributed by atoms with Crippen LogP contribution >= 0.6 is 23.2 Å². The SMILES string of the molecule is O=C(C=Cc1ccc(Cl)c(Cl)c1)N[C@H]1C(O)O[C@H](CO)[C@@H](O)[C@@H]1O. The third-order valence-electron chi connectivity index (χ3n) is 3.58. The average Bonchev–Trinajstić information content (AvgIpc) is 2.56. The largest absolute Gasteiger partial charge is 0.394 e. The van der Waals surface area contributed by atoms with E-state index in [0.29, 0.717) is 15.6 Å². The Morgan fingerprint density at radius 1 is 1.21 bits per heavy atom. The van der Waals surface area contributed by atoms with Gasteiger partial charge >= 0.3 is 0 Å².